The van der Waals surface area contributed by atoms with Gasteiger partial charge in [-0.05, 0) is 36.4 Å². The summed E-state index contributed by atoms with van der Waals surface area (Å²) < 4.78 is 26.7. The van der Waals surface area contributed by atoms with Crippen LogP contribution in [0.1, 0.15) is 10.4 Å². The molecule has 28 heavy (non-hydrogen) atoms. The molecule has 1 fully saturated rings. The molecule has 1 N–H and O–H groups in total. The van der Waals surface area contributed by atoms with E-state index in [9.17, 15) is 18.0 Å². The number of carbonyl (C=O) groups excluding carboxylic acids is 2. The highest BCUT2D eigenvalue weighted by molar-refractivity contribution is 7.89. The van der Waals surface area contributed by atoms with Gasteiger partial charge in [-0.2, -0.15) is 4.31 Å². The third-order valence-electron chi connectivity index (χ3n) is 4.48. The average Bonchev–Trinajstić information content (AvgIpc) is 2.73. The summed E-state index contributed by atoms with van der Waals surface area (Å²) in [6.07, 6.45) is 0. The monoisotopic (exact) mass is 421 g/mol. The second-order valence-corrected chi connectivity index (χ2v) is 8.66. The Morgan fingerprint density at radius 2 is 1.54 bits per heavy atom. The summed E-state index contributed by atoms with van der Waals surface area (Å²) in [4.78, 5) is 26.1. The molecule has 7 nitrogen and oxygen atoms in total. The van der Waals surface area contributed by atoms with Crippen LogP contribution in [0.2, 0.25) is 5.02 Å². The van der Waals surface area contributed by atoms with E-state index in [1.807, 2.05) is 0 Å². The van der Waals surface area contributed by atoms with E-state index >= 15 is 0 Å². The second kappa shape index (κ2) is 8.72. The molecule has 0 unspecified atom stereocenters. The van der Waals surface area contributed by atoms with E-state index in [1.54, 1.807) is 35.2 Å². The summed E-state index contributed by atoms with van der Waals surface area (Å²) in [6, 6.07) is 14.6. The molecule has 0 aliphatic carbocycles. The van der Waals surface area contributed by atoms with Crippen LogP contribution in [0.25, 0.3) is 0 Å². The summed E-state index contributed by atoms with van der Waals surface area (Å²) in [6.45, 7) is 0.810. The van der Waals surface area contributed by atoms with Gasteiger partial charge in [0.05, 0.1) is 11.4 Å². The molecule has 1 heterocycles. The van der Waals surface area contributed by atoms with Crippen LogP contribution in [0.5, 0.6) is 0 Å². The van der Waals surface area contributed by atoms with Gasteiger partial charge < -0.3 is 10.2 Å². The first kappa shape index (κ1) is 20.3. The predicted octanol–water partition coefficient (Wildman–Crippen LogP) is 1.60. The number of hydrogen-bond acceptors (Lipinski definition) is 4. The number of carbonyl (C=O) groups is 2. The molecule has 2 aromatic carbocycles. The minimum absolute atomic E-state index is 0.127. The minimum atomic E-state index is -3.62. The van der Waals surface area contributed by atoms with Crippen molar-refractivity contribution in [3.8, 4) is 0 Å². The van der Waals surface area contributed by atoms with E-state index in [4.69, 9.17) is 11.6 Å². The van der Waals surface area contributed by atoms with Crippen molar-refractivity contribution in [1.29, 1.82) is 0 Å². The van der Waals surface area contributed by atoms with E-state index < -0.39 is 10.0 Å². The maximum Gasteiger partial charge on any atom is 0.251 e. The normalized spacial score (nSPS) is 15.2. The van der Waals surface area contributed by atoms with E-state index in [1.165, 1.54) is 28.6 Å². The summed E-state index contributed by atoms with van der Waals surface area (Å²) in [7, 11) is -3.62. The Bertz CT molecular complexity index is 941. The van der Waals surface area contributed by atoms with Crippen molar-refractivity contribution in [3.05, 3.63) is 65.2 Å². The Kier molecular flexibility index (Phi) is 6.33. The predicted molar refractivity (Wildman–Crippen MR) is 106 cm³/mol. The van der Waals surface area contributed by atoms with E-state index in [0.29, 0.717) is 10.6 Å². The molecule has 9 heteroatoms. The zero-order valence-corrected chi connectivity index (χ0v) is 16.6. The lowest BCUT2D eigenvalue weighted by Crippen LogP contribution is -2.52. The van der Waals surface area contributed by atoms with Crippen LogP contribution in [0, 0.1) is 0 Å². The number of benzene rings is 2. The highest BCUT2D eigenvalue weighted by atomic mass is 35.5. The lowest BCUT2D eigenvalue weighted by molar-refractivity contribution is -0.131. The molecular weight excluding hydrogens is 402 g/mol. The number of nitrogens with one attached hydrogen (secondary N) is 1. The molecule has 0 saturated carbocycles. The highest BCUT2D eigenvalue weighted by Gasteiger charge is 2.30. The molecule has 0 aromatic heterocycles. The molecule has 1 aliphatic rings. The van der Waals surface area contributed by atoms with Gasteiger partial charge in [0.15, 0.2) is 0 Å². The summed E-state index contributed by atoms with van der Waals surface area (Å²) in [5.41, 5.74) is 0.481. The maximum absolute atomic E-state index is 12.7. The number of rotatable bonds is 5. The largest absolute Gasteiger partial charge is 0.343 e. The van der Waals surface area contributed by atoms with Crippen LogP contribution in [0.15, 0.2) is 59.5 Å². The molecule has 0 spiro atoms. The number of amides is 2. The van der Waals surface area contributed by atoms with Gasteiger partial charge in [0.1, 0.15) is 0 Å². The van der Waals surface area contributed by atoms with Crippen LogP contribution >= 0.6 is 11.6 Å². The fraction of sp³-hybridized carbons (Fsp3) is 0.263. The van der Waals surface area contributed by atoms with Crippen LogP contribution in [0.3, 0.4) is 0 Å². The van der Waals surface area contributed by atoms with Gasteiger partial charge in [-0.15, -0.1) is 0 Å². The summed E-state index contributed by atoms with van der Waals surface area (Å²) >= 11 is 5.81. The van der Waals surface area contributed by atoms with Crippen molar-refractivity contribution >= 4 is 33.4 Å². The zero-order chi connectivity index (χ0) is 20.1. The van der Waals surface area contributed by atoms with Crippen LogP contribution in [0.4, 0.5) is 0 Å². The average molecular weight is 422 g/mol. The first-order valence-electron chi connectivity index (χ1n) is 8.74. The van der Waals surface area contributed by atoms with Crippen molar-refractivity contribution in [2.24, 2.45) is 0 Å². The van der Waals surface area contributed by atoms with Gasteiger partial charge in [0.25, 0.3) is 5.91 Å². The van der Waals surface area contributed by atoms with Gasteiger partial charge >= 0.3 is 0 Å². The van der Waals surface area contributed by atoms with Crippen molar-refractivity contribution in [3.63, 3.8) is 0 Å². The Morgan fingerprint density at radius 3 is 2.14 bits per heavy atom. The van der Waals surface area contributed by atoms with Crippen LogP contribution in [-0.2, 0) is 14.8 Å². The third kappa shape index (κ3) is 4.70. The van der Waals surface area contributed by atoms with Gasteiger partial charge in [-0.3, -0.25) is 9.59 Å². The smallest absolute Gasteiger partial charge is 0.251 e. The Hall–Kier alpha value is -2.42. The zero-order valence-electron chi connectivity index (χ0n) is 15.0. The minimum Gasteiger partial charge on any atom is -0.343 e. The summed E-state index contributed by atoms with van der Waals surface area (Å²) in [5, 5.41) is 3.06. The van der Waals surface area contributed by atoms with Crippen molar-refractivity contribution < 1.29 is 18.0 Å². The molecule has 0 bridgehead atoms. The highest BCUT2D eigenvalue weighted by Crippen LogP contribution is 2.19. The Labute approximate surface area is 168 Å². The molecule has 0 atom stereocenters. The molecule has 2 aromatic rings. The van der Waals surface area contributed by atoms with E-state index in [0.717, 1.165) is 0 Å². The maximum atomic E-state index is 12.7. The molecule has 148 valence electrons. The van der Waals surface area contributed by atoms with E-state index in [2.05, 4.69) is 5.32 Å². The Morgan fingerprint density at radius 1 is 0.929 bits per heavy atom. The van der Waals surface area contributed by atoms with Gasteiger partial charge in [0.2, 0.25) is 15.9 Å². The lowest BCUT2D eigenvalue weighted by Gasteiger charge is -2.34. The van der Waals surface area contributed by atoms with Crippen molar-refractivity contribution in [2.75, 3.05) is 32.7 Å². The Balaban J connectivity index is 1.52. The fourth-order valence-corrected chi connectivity index (χ4v) is 4.44. The standard InChI is InChI=1S/C19H20ClN3O4S/c20-16-6-8-17(9-7-16)28(26,27)23-12-10-22(11-13-23)18(24)14-21-19(25)15-4-2-1-3-5-15/h1-9H,10-14H2,(H,21,25). The molecule has 1 saturated heterocycles. The third-order valence-corrected chi connectivity index (χ3v) is 6.64. The van der Waals surface area contributed by atoms with E-state index in [-0.39, 0.29) is 49.4 Å². The molecular formula is C19H20ClN3O4S. The number of halogens is 1. The van der Waals surface area contributed by atoms with Crippen molar-refractivity contribution in [1.82, 2.24) is 14.5 Å². The number of nitrogens with zero attached hydrogens (tertiary/aromatic N) is 2. The van der Waals surface area contributed by atoms with Gasteiger partial charge in [0, 0.05) is 36.8 Å². The van der Waals surface area contributed by atoms with Crippen LogP contribution in [-0.4, -0.2) is 62.2 Å². The molecule has 3 rings (SSSR count). The second-order valence-electron chi connectivity index (χ2n) is 6.29. The van der Waals surface area contributed by atoms with Crippen molar-refractivity contribution in [2.45, 2.75) is 4.90 Å². The first-order chi connectivity index (χ1) is 13.4. The topological polar surface area (TPSA) is 86.8 Å². The number of hydrogen-bond donors (Lipinski definition) is 1. The van der Waals surface area contributed by atoms with Crippen LogP contribution < -0.4 is 5.32 Å². The summed E-state index contributed by atoms with van der Waals surface area (Å²) in [5.74, 6) is -0.564. The number of sulfonamides is 1. The molecule has 2 amide bonds. The molecule has 0 radical (unpaired) electrons. The quantitative estimate of drug-likeness (QED) is 0.794. The van der Waals surface area contributed by atoms with Gasteiger partial charge in [-0.1, -0.05) is 29.8 Å². The number of piperazine rings is 1. The lowest BCUT2D eigenvalue weighted by atomic mass is 10.2. The SMILES string of the molecule is O=C(NCC(=O)N1CCN(S(=O)(=O)c2ccc(Cl)cc2)CC1)c1ccccc1. The fourth-order valence-electron chi connectivity index (χ4n) is 2.89. The van der Waals surface area contributed by atoms with Gasteiger partial charge in [-0.25, -0.2) is 8.42 Å². The first-order valence-corrected chi connectivity index (χ1v) is 10.6. The molecule has 1 aliphatic heterocycles.